The highest BCUT2D eigenvalue weighted by molar-refractivity contribution is 7.89. The van der Waals surface area contributed by atoms with E-state index in [4.69, 9.17) is 10.5 Å². The second-order valence-corrected chi connectivity index (χ2v) is 7.43. The molecule has 1 aliphatic heterocycles. The van der Waals surface area contributed by atoms with E-state index in [1.54, 1.807) is 28.6 Å². The lowest BCUT2D eigenvalue weighted by Crippen LogP contribution is -2.41. The zero-order valence-electron chi connectivity index (χ0n) is 11.8. The van der Waals surface area contributed by atoms with Gasteiger partial charge in [-0.15, -0.1) is 0 Å². The molecule has 6 heteroatoms. The van der Waals surface area contributed by atoms with Crippen molar-refractivity contribution in [2.45, 2.75) is 19.8 Å². The Morgan fingerprint density at radius 3 is 2.70 bits per heavy atom. The summed E-state index contributed by atoms with van der Waals surface area (Å²) in [6.45, 7) is 3.52. The monoisotopic (exact) mass is 298 g/mol. The van der Waals surface area contributed by atoms with Crippen LogP contribution < -0.4 is 10.5 Å². The van der Waals surface area contributed by atoms with E-state index in [2.05, 4.69) is 6.92 Å². The molecule has 112 valence electrons. The minimum Gasteiger partial charge on any atom is -0.492 e. The minimum absolute atomic E-state index is 0.0180. The van der Waals surface area contributed by atoms with Crippen LogP contribution in [0.4, 0.5) is 5.69 Å². The van der Waals surface area contributed by atoms with Gasteiger partial charge in [0.1, 0.15) is 12.4 Å². The van der Waals surface area contributed by atoms with Gasteiger partial charge in [0.25, 0.3) is 0 Å². The minimum atomic E-state index is -3.21. The number of nitrogen functional groups attached to an aromatic ring is 1. The quantitative estimate of drug-likeness (QED) is 0.840. The van der Waals surface area contributed by atoms with Crippen molar-refractivity contribution >= 4 is 15.7 Å². The van der Waals surface area contributed by atoms with Crippen LogP contribution in [0.25, 0.3) is 0 Å². The van der Waals surface area contributed by atoms with Gasteiger partial charge in [0.2, 0.25) is 10.0 Å². The van der Waals surface area contributed by atoms with Crippen LogP contribution in [-0.4, -0.2) is 38.2 Å². The van der Waals surface area contributed by atoms with Gasteiger partial charge < -0.3 is 10.5 Å². The van der Waals surface area contributed by atoms with E-state index in [-0.39, 0.29) is 12.4 Å². The van der Waals surface area contributed by atoms with Gasteiger partial charge in [-0.3, -0.25) is 0 Å². The first-order valence-electron chi connectivity index (χ1n) is 6.93. The third-order valence-corrected chi connectivity index (χ3v) is 5.30. The number of piperidine rings is 1. The average molecular weight is 298 g/mol. The van der Waals surface area contributed by atoms with Gasteiger partial charge in [-0.2, -0.15) is 0 Å². The summed E-state index contributed by atoms with van der Waals surface area (Å²) in [5.41, 5.74) is 6.24. The smallest absolute Gasteiger partial charge is 0.217 e. The molecule has 2 rings (SSSR count). The van der Waals surface area contributed by atoms with E-state index in [9.17, 15) is 8.42 Å². The maximum atomic E-state index is 12.2. The second-order valence-electron chi connectivity index (χ2n) is 5.34. The maximum Gasteiger partial charge on any atom is 0.217 e. The number of hydrogen-bond acceptors (Lipinski definition) is 4. The van der Waals surface area contributed by atoms with Gasteiger partial charge in [0.05, 0.1) is 5.75 Å². The van der Waals surface area contributed by atoms with Crippen LogP contribution in [0.1, 0.15) is 19.8 Å². The summed E-state index contributed by atoms with van der Waals surface area (Å²) in [4.78, 5) is 0. The van der Waals surface area contributed by atoms with E-state index in [0.717, 1.165) is 12.8 Å². The van der Waals surface area contributed by atoms with E-state index in [0.29, 0.717) is 30.4 Å². The van der Waals surface area contributed by atoms with Gasteiger partial charge in [-0.05, 0) is 43.0 Å². The van der Waals surface area contributed by atoms with Crippen LogP contribution in [0, 0.1) is 5.92 Å². The number of ether oxygens (including phenoxy) is 1. The molecule has 1 fully saturated rings. The van der Waals surface area contributed by atoms with Gasteiger partial charge in [0.15, 0.2) is 0 Å². The molecule has 1 saturated heterocycles. The standard InChI is InChI=1S/C14H22N2O3S/c1-12-3-2-8-16(11-12)20(17,18)10-9-19-14-6-4-13(15)5-7-14/h4-7,12H,2-3,8-11,15H2,1H3. The van der Waals surface area contributed by atoms with E-state index >= 15 is 0 Å². The molecule has 0 radical (unpaired) electrons. The van der Waals surface area contributed by atoms with Crippen LogP contribution in [0.2, 0.25) is 0 Å². The summed E-state index contributed by atoms with van der Waals surface area (Å²) >= 11 is 0. The Balaban J connectivity index is 1.84. The zero-order valence-corrected chi connectivity index (χ0v) is 12.6. The number of sulfonamides is 1. The number of anilines is 1. The molecule has 0 aromatic heterocycles. The van der Waals surface area contributed by atoms with Crippen LogP contribution in [0.5, 0.6) is 5.75 Å². The van der Waals surface area contributed by atoms with Crippen LogP contribution >= 0.6 is 0 Å². The number of rotatable bonds is 5. The summed E-state index contributed by atoms with van der Waals surface area (Å²) in [7, 11) is -3.21. The fourth-order valence-electron chi connectivity index (χ4n) is 2.36. The molecule has 1 unspecified atom stereocenters. The maximum absolute atomic E-state index is 12.2. The molecular weight excluding hydrogens is 276 g/mol. The number of benzene rings is 1. The fraction of sp³-hybridized carbons (Fsp3) is 0.571. The number of nitrogens with two attached hydrogens (primary N) is 1. The highest BCUT2D eigenvalue weighted by Crippen LogP contribution is 2.19. The predicted molar refractivity (Wildman–Crippen MR) is 80.1 cm³/mol. The Kier molecular flexibility index (Phi) is 4.88. The molecule has 5 nitrogen and oxygen atoms in total. The first kappa shape index (κ1) is 15.1. The summed E-state index contributed by atoms with van der Waals surface area (Å²) in [5, 5.41) is 0. The first-order chi connectivity index (χ1) is 9.47. The Bertz CT molecular complexity index is 528. The molecule has 0 saturated carbocycles. The van der Waals surface area contributed by atoms with Gasteiger partial charge in [-0.25, -0.2) is 12.7 Å². The van der Waals surface area contributed by atoms with Crippen molar-refractivity contribution in [1.82, 2.24) is 4.31 Å². The third kappa shape index (κ3) is 4.11. The van der Waals surface area contributed by atoms with Crippen LogP contribution in [0.15, 0.2) is 24.3 Å². The Morgan fingerprint density at radius 2 is 2.05 bits per heavy atom. The average Bonchev–Trinajstić information content (AvgIpc) is 2.41. The lowest BCUT2D eigenvalue weighted by Gasteiger charge is -2.29. The van der Waals surface area contributed by atoms with Crippen LogP contribution in [0.3, 0.4) is 0 Å². The normalized spacial score (nSPS) is 20.8. The summed E-state index contributed by atoms with van der Waals surface area (Å²) < 4.78 is 31.4. The zero-order chi connectivity index (χ0) is 14.6. The van der Waals surface area contributed by atoms with E-state index in [1.807, 2.05) is 0 Å². The highest BCUT2D eigenvalue weighted by atomic mass is 32.2. The van der Waals surface area contributed by atoms with Crippen LogP contribution in [-0.2, 0) is 10.0 Å². The van der Waals surface area contributed by atoms with Crippen molar-refractivity contribution in [3.8, 4) is 5.75 Å². The van der Waals surface area contributed by atoms with Crippen molar-refractivity contribution in [3.63, 3.8) is 0 Å². The van der Waals surface area contributed by atoms with Gasteiger partial charge >= 0.3 is 0 Å². The molecule has 1 aromatic rings. The first-order valence-corrected chi connectivity index (χ1v) is 8.54. The highest BCUT2D eigenvalue weighted by Gasteiger charge is 2.26. The topological polar surface area (TPSA) is 72.6 Å². The molecule has 0 spiro atoms. The van der Waals surface area contributed by atoms with Crippen molar-refractivity contribution < 1.29 is 13.2 Å². The van der Waals surface area contributed by atoms with E-state index < -0.39 is 10.0 Å². The van der Waals surface area contributed by atoms with Crippen molar-refractivity contribution in [3.05, 3.63) is 24.3 Å². The molecular formula is C14H22N2O3S. The molecule has 0 aliphatic carbocycles. The summed E-state index contributed by atoms with van der Waals surface area (Å²) in [6, 6.07) is 6.95. The largest absolute Gasteiger partial charge is 0.492 e. The molecule has 0 amide bonds. The van der Waals surface area contributed by atoms with Gasteiger partial charge in [0, 0.05) is 18.8 Å². The summed E-state index contributed by atoms with van der Waals surface area (Å²) in [5.74, 6) is 1.10. The lowest BCUT2D eigenvalue weighted by atomic mass is 10.0. The summed E-state index contributed by atoms with van der Waals surface area (Å²) in [6.07, 6.45) is 2.05. The Labute approximate surface area is 120 Å². The predicted octanol–water partition coefficient (Wildman–Crippen LogP) is 1.71. The number of nitrogens with zero attached hydrogens (tertiary/aromatic N) is 1. The lowest BCUT2D eigenvalue weighted by molar-refractivity contribution is 0.276. The second kappa shape index (κ2) is 6.45. The molecule has 1 atom stereocenters. The molecule has 2 N–H and O–H groups in total. The molecule has 0 bridgehead atoms. The third-order valence-electron chi connectivity index (χ3n) is 3.50. The molecule has 1 aromatic carbocycles. The molecule has 1 aliphatic rings. The van der Waals surface area contributed by atoms with Crippen molar-refractivity contribution in [2.75, 3.05) is 31.2 Å². The number of hydrogen-bond donors (Lipinski definition) is 1. The Hall–Kier alpha value is -1.27. The molecule has 1 heterocycles. The fourth-order valence-corrected chi connectivity index (χ4v) is 3.80. The van der Waals surface area contributed by atoms with E-state index in [1.165, 1.54) is 0 Å². The van der Waals surface area contributed by atoms with Gasteiger partial charge in [-0.1, -0.05) is 6.92 Å². The Morgan fingerprint density at radius 1 is 1.35 bits per heavy atom. The SMILES string of the molecule is CC1CCCN(S(=O)(=O)CCOc2ccc(N)cc2)C1. The van der Waals surface area contributed by atoms with Crippen molar-refractivity contribution in [2.24, 2.45) is 5.92 Å². The van der Waals surface area contributed by atoms with Crippen molar-refractivity contribution in [1.29, 1.82) is 0 Å². The molecule has 20 heavy (non-hydrogen) atoms.